The van der Waals surface area contributed by atoms with Crippen LogP contribution >= 0.6 is 0 Å². The molecule has 0 spiro atoms. The summed E-state index contributed by atoms with van der Waals surface area (Å²) in [5.41, 5.74) is 7.11. The molecule has 1 aromatic rings. The first-order chi connectivity index (χ1) is 10.1. The van der Waals surface area contributed by atoms with Gasteiger partial charge in [-0.15, -0.1) is 0 Å². The number of nitrogens with one attached hydrogen (secondary N) is 2. The molecule has 2 rings (SSSR count). The van der Waals surface area contributed by atoms with E-state index in [0.29, 0.717) is 23.7 Å². The minimum Gasteiger partial charge on any atom is -0.366 e. The van der Waals surface area contributed by atoms with E-state index in [-0.39, 0.29) is 6.03 Å². The van der Waals surface area contributed by atoms with Crippen LogP contribution < -0.4 is 16.4 Å². The van der Waals surface area contributed by atoms with E-state index in [1.165, 1.54) is 32.1 Å². The number of primary amides is 1. The van der Waals surface area contributed by atoms with Crippen molar-refractivity contribution in [1.29, 1.82) is 0 Å². The Labute approximate surface area is 125 Å². The molecule has 1 saturated carbocycles. The first kappa shape index (κ1) is 15.4. The summed E-state index contributed by atoms with van der Waals surface area (Å²) in [5, 5.41) is 5.64. The third kappa shape index (κ3) is 4.48. The molecular formula is C16H23N3O2. The first-order valence-corrected chi connectivity index (χ1v) is 7.51. The number of aryl methyl sites for hydroxylation is 1. The number of urea groups is 1. The Morgan fingerprint density at radius 2 is 1.95 bits per heavy atom. The van der Waals surface area contributed by atoms with Gasteiger partial charge in [0.15, 0.2) is 0 Å². The predicted molar refractivity (Wildman–Crippen MR) is 83.3 cm³/mol. The van der Waals surface area contributed by atoms with Crippen LogP contribution in [0.25, 0.3) is 0 Å². The van der Waals surface area contributed by atoms with Crippen molar-refractivity contribution < 1.29 is 9.59 Å². The molecular weight excluding hydrogens is 266 g/mol. The summed E-state index contributed by atoms with van der Waals surface area (Å²) in [7, 11) is 0. The largest absolute Gasteiger partial charge is 0.366 e. The van der Waals surface area contributed by atoms with Crippen LogP contribution in [0.3, 0.4) is 0 Å². The maximum absolute atomic E-state index is 11.9. The maximum atomic E-state index is 11.9. The highest BCUT2D eigenvalue weighted by Gasteiger charge is 2.14. The Hall–Kier alpha value is -2.04. The number of nitrogens with two attached hydrogens (primary N) is 1. The molecule has 4 N–H and O–H groups in total. The number of anilines is 1. The third-order valence-electron chi connectivity index (χ3n) is 4.04. The van der Waals surface area contributed by atoms with Crippen molar-refractivity contribution >= 4 is 17.6 Å². The molecule has 3 amide bonds. The van der Waals surface area contributed by atoms with Gasteiger partial charge in [-0.1, -0.05) is 25.3 Å². The SMILES string of the molecule is Cc1ccc(NC(=O)NCC2CCCCC2)cc1C(N)=O. The second-order valence-corrected chi connectivity index (χ2v) is 5.73. The van der Waals surface area contributed by atoms with Crippen LogP contribution in [-0.4, -0.2) is 18.5 Å². The molecule has 1 aliphatic carbocycles. The molecule has 0 radical (unpaired) electrons. The molecule has 0 aromatic heterocycles. The van der Waals surface area contributed by atoms with E-state index < -0.39 is 5.91 Å². The molecule has 21 heavy (non-hydrogen) atoms. The van der Waals surface area contributed by atoms with Crippen molar-refractivity contribution in [2.75, 3.05) is 11.9 Å². The molecule has 0 heterocycles. The fraction of sp³-hybridized carbons (Fsp3) is 0.500. The van der Waals surface area contributed by atoms with Crippen LogP contribution in [0.5, 0.6) is 0 Å². The highest BCUT2D eigenvalue weighted by molar-refractivity contribution is 5.97. The average molecular weight is 289 g/mol. The second kappa shape index (κ2) is 7.11. The average Bonchev–Trinajstić information content (AvgIpc) is 2.48. The Bertz CT molecular complexity index is 522. The lowest BCUT2D eigenvalue weighted by molar-refractivity contribution is 0.0999. The third-order valence-corrected chi connectivity index (χ3v) is 4.04. The van der Waals surface area contributed by atoms with E-state index in [1.54, 1.807) is 18.2 Å². The zero-order chi connectivity index (χ0) is 15.2. The summed E-state index contributed by atoms with van der Waals surface area (Å²) < 4.78 is 0. The van der Waals surface area contributed by atoms with Gasteiger partial charge in [0.1, 0.15) is 0 Å². The molecule has 0 aliphatic heterocycles. The van der Waals surface area contributed by atoms with E-state index in [4.69, 9.17) is 5.73 Å². The van der Waals surface area contributed by atoms with Crippen LogP contribution in [0.15, 0.2) is 18.2 Å². The monoisotopic (exact) mass is 289 g/mol. The van der Waals surface area contributed by atoms with Gasteiger partial charge in [-0.05, 0) is 43.4 Å². The maximum Gasteiger partial charge on any atom is 0.319 e. The van der Waals surface area contributed by atoms with Gasteiger partial charge in [0.25, 0.3) is 0 Å². The fourth-order valence-corrected chi connectivity index (χ4v) is 2.77. The predicted octanol–water partition coefficient (Wildman–Crippen LogP) is 2.80. The van der Waals surface area contributed by atoms with Crippen molar-refractivity contribution in [3.05, 3.63) is 29.3 Å². The van der Waals surface area contributed by atoms with Crippen molar-refractivity contribution in [3.8, 4) is 0 Å². The van der Waals surface area contributed by atoms with Crippen molar-refractivity contribution in [2.45, 2.75) is 39.0 Å². The van der Waals surface area contributed by atoms with Crippen molar-refractivity contribution in [2.24, 2.45) is 11.7 Å². The molecule has 0 unspecified atom stereocenters. The van der Waals surface area contributed by atoms with Crippen molar-refractivity contribution in [3.63, 3.8) is 0 Å². The van der Waals surface area contributed by atoms with Gasteiger partial charge in [0.05, 0.1) is 0 Å². The lowest BCUT2D eigenvalue weighted by Gasteiger charge is -2.21. The topological polar surface area (TPSA) is 84.2 Å². The van der Waals surface area contributed by atoms with Crippen molar-refractivity contribution in [1.82, 2.24) is 5.32 Å². The number of carbonyl (C=O) groups excluding carboxylic acids is 2. The lowest BCUT2D eigenvalue weighted by atomic mass is 9.89. The molecule has 0 saturated heterocycles. The van der Waals surface area contributed by atoms with E-state index in [1.807, 2.05) is 6.92 Å². The van der Waals surface area contributed by atoms with Gasteiger partial charge in [-0.25, -0.2) is 4.79 Å². The molecule has 5 heteroatoms. The van der Waals surface area contributed by atoms with Crippen LogP contribution in [0.2, 0.25) is 0 Å². The van der Waals surface area contributed by atoms with Crippen LogP contribution in [0, 0.1) is 12.8 Å². The van der Waals surface area contributed by atoms with Gasteiger partial charge in [-0.3, -0.25) is 4.79 Å². The number of benzene rings is 1. The fourth-order valence-electron chi connectivity index (χ4n) is 2.77. The van der Waals surface area contributed by atoms with Crippen LogP contribution in [-0.2, 0) is 0 Å². The van der Waals surface area contributed by atoms with Crippen LogP contribution in [0.4, 0.5) is 10.5 Å². The van der Waals surface area contributed by atoms with E-state index in [0.717, 1.165) is 5.56 Å². The standard InChI is InChI=1S/C16H23N3O2/c1-11-7-8-13(9-14(11)15(17)20)19-16(21)18-10-12-5-3-2-4-6-12/h7-9,12H,2-6,10H2,1H3,(H2,17,20)(H2,18,19,21). The Morgan fingerprint density at radius 1 is 1.24 bits per heavy atom. The smallest absolute Gasteiger partial charge is 0.319 e. The summed E-state index contributed by atoms with van der Waals surface area (Å²) in [6.45, 7) is 2.52. The zero-order valence-corrected chi connectivity index (χ0v) is 12.4. The molecule has 114 valence electrons. The molecule has 0 bridgehead atoms. The Balaban J connectivity index is 1.87. The van der Waals surface area contributed by atoms with E-state index >= 15 is 0 Å². The number of amides is 3. The second-order valence-electron chi connectivity index (χ2n) is 5.73. The molecule has 1 fully saturated rings. The molecule has 1 aliphatic rings. The Kier molecular flexibility index (Phi) is 5.20. The minimum atomic E-state index is -0.487. The normalized spacial score (nSPS) is 15.5. The summed E-state index contributed by atoms with van der Waals surface area (Å²) >= 11 is 0. The van der Waals surface area contributed by atoms with Gasteiger partial charge in [-0.2, -0.15) is 0 Å². The molecule has 0 atom stereocenters. The van der Waals surface area contributed by atoms with E-state index in [2.05, 4.69) is 10.6 Å². The van der Waals surface area contributed by atoms with Crippen LogP contribution in [0.1, 0.15) is 48.0 Å². The van der Waals surface area contributed by atoms with Gasteiger partial charge in [0.2, 0.25) is 5.91 Å². The molecule has 5 nitrogen and oxygen atoms in total. The number of carbonyl (C=O) groups is 2. The lowest BCUT2D eigenvalue weighted by Crippen LogP contribution is -2.33. The first-order valence-electron chi connectivity index (χ1n) is 7.51. The molecule has 1 aromatic carbocycles. The highest BCUT2D eigenvalue weighted by Crippen LogP contribution is 2.22. The number of hydrogen-bond donors (Lipinski definition) is 3. The number of hydrogen-bond acceptors (Lipinski definition) is 2. The van der Waals surface area contributed by atoms with Gasteiger partial charge in [0, 0.05) is 17.8 Å². The van der Waals surface area contributed by atoms with E-state index in [9.17, 15) is 9.59 Å². The number of rotatable bonds is 4. The van der Waals surface area contributed by atoms with Gasteiger partial charge >= 0.3 is 6.03 Å². The highest BCUT2D eigenvalue weighted by atomic mass is 16.2. The zero-order valence-electron chi connectivity index (χ0n) is 12.4. The quantitative estimate of drug-likeness (QED) is 0.796. The Morgan fingerprint density at radius 3 is 2.62 bits per heavy atom. The van der Waals surface area contributed by atoms with Gasteiger partial charge < -0.3 is 16.4 Å². The minimum absolute atomic E-state index is 0.236. The summed E-state index contributed by atoms with van der Waals surface area (Å²) in [4.78, 5) is 23.2. The summed E-state index contributed by atoms with van der Waals surface area (Å²) in [6.07, 6.45) is 6.21. The summed E-state index contributed by atoms with van der Waals surface area (Å²) in [5.74, 6) is 0.0995. The summed E-state index contributed by atoms with van der Waals surface area (Å²) in [6, 6.07) is 4.91.